The molecule has 1 saturated heterocycles. The van der Waals surface area contributed by atoms with Gasteiger partial charge >= 0.3 is 0 Å². The Bertz CT molecular complexity index is 676. The highest BCUT2D eigenvalue weighted by Crippen LogP contribution is 2.36. The first-order chi connectivity index (χ1) is 11.9. The van der Waals surface area contributed by atoms with Crippen molar-refractivity contribution in [1.29, 1.82) is 0 Å². The summed E-state index contributed by atoms with van der Waals surface area (Å²) in [6.07, 6.45) is 3.66. The Morgan fingerprint density at radius 1 is 1.28 bits per heavy atom. The summed E-state index contributed by atoms with van der Waals surface area (Å²) in [5.41, 5.74) is 1.29. The molecule has 1 aromatic carbocycles. The normalized spacial score (nSPS) is 29.8. The van der Waals surface area contributed by atoms with Crippen LogP contribution in [0.25, 0.3) is 0 Å². The van der Waals surface area contributed by atoms with E-state index in [4.69, 9.17) is 0 Å². The highest BCUT2D eigenvalue weighted by atomic mass is 19.1. The van der Waals surface area contributed by atoms with Crippen molar-refractivity contribution in [3.63, 3.8) is 0 Å². The Labute approximate surface area is 148 Å². The van der Waals surface area contributed by atoms with Gasteiger partial charge in [-0.05, 0) is 48.9 Å². The zero-order chi connectivity index (χ0) is 18.1. The number of nitrogens with zero attached hydrogens (tertiary/aromatic N) is 1. The molecule has 0 aromatic heterocycles. The molecular formula is C20H27FN2O2. The summed E-state index contributed by atoms with van der Waals surface area (Å²) in [6.45, 7) is 6.72. The van der Waals surface area contributed by atoms with Crippen LogP contribution in [0.2, 0.25) is 0 Å². The number of nitrogens with one attached hydrogen (secondary N) is 1. The van der Waals surface area contributed by atoms with Crippen molar-refractivity contribution >= 4 is 17.5 Å². The SMILES string of the molecule is Cc1cc(F)ccc1NC(=O)[C@@H]1CC(=O)N([C@@H]2CCC[C@H](C)[C@@H]2C)C1. The number of carbonyl (C=O) groups is 2. The van der Waals surface area contributed by atoms with Gasteiger partial charge in [-0.1, -0.05) is 26.7 Å². The first-order valence-corrected chi connectivity index (χ1v) is 9.23. The van der Waals surface area contributed by atoms with Crippen molar-refractivity contribution in [2.45, 2.75) is 52.5 Å². The molecule has 4 atom stereocenters. The summed E-state index contributed by atoms with van der Waals surface area (Å²) in [7, 11) is 0. The Balaban J connectivity index is 1.66. The predicted molar refractivity (Wildman–Crippen MR) is 95.6 cm³/mol. The number of amides is 2. The van der Waals surface area contributed by atoms with Gasteiger partial charge in [0.05, 0.1) is 5.92 Å². The third-order valence-electron chi connectivity index (χ3n) is 6.04. The van der Waals surface area contributed by atoms with Crippen molar-refractivity contribution in [2.75, 3.05) is 11.9 Å². The molecule has 0 radical (unpaired) electrons. The molecule has 1 aromatic rings. The molecule has 1 aliphatic heterocycles. The Morgan fingerprint density at radius 3 is 2.76 bits per heavy atom. The maximum absolute atomic E-state index is 13.2. The highest BCUT2D eigenvalue weighted by molar-refractivity contribution is 5.97. The summed E-state index contributed by atoms with van der Waals surface area (Å²) < 4.78 is 13.2. The molecule has 136 valence electrons. The molecule has 3 rings (SSSR count). The van der Waals surface area contributed by atoms with Gasteiger partial charge in [0.1, 0.15) is 5.82 Å². The summed E-state index contributed by atoms with van der Waals surface area (Å²) in [4.78, 5) is 27.0. The molecule has 0 bridgehead atoms. The van der Waals surface area contributed by atoms with Crippen LogP contribution in [-0.2, 0) is 9.59 Å². The zero-order valence-electron chi connectivity index (χ0n) is 15.2. The third kappa shape index (κ3) is 3.70. The van der Waals surface area contributed by atoms with Gasteiger partial charge in [0.25, 0.3) is 0 Å². The van der Waals surface area contributed by atoms with E-state index >= 15 is 0 Å². The Kier molecular flexibility index (Phi) is 5.11. The Hall–Kier alpha value is -1.91. The lowest BCUT2D eigenvalue weighted by atomic mass is 9.77. The van der Waals surface area contributed by atoms with Gasteiger partial charge in [0.2, 0.25) is 11.8 Å². The zero-order valence-corrected chi connectivity index (χ0v) is 15.2. The number of hydrogen-bond donors (Lipinski definition) is 1. The van der Waals surface area contributed by atoms with Crippen LogP contribution < -0.4 is 5.32 Å². The average Bonchev–Trinajstić information content (AvgIpc) is 2.94. The molecule has 5 heteroatoms. The predicted octanol–water partition coefficient (Wildman–Crippen LogP) is 3.75. The fraction of sp³-hybridized carbons (Fsp3) is 0.600. The van der Waals surface area contributed by atoms with Crippen LogP contribution in [0, 0.1) is 30.5 Å². The monoisotopic (exact) mass is 346 g/mol. The topological polar surface area (TPSA) is 49.4 Å². The first kappa shape index (κ1) is 17.9. The van der Waals surface area contributed by atoms with Gasteiger partial charge in [-0.25, -0.2) is 4.39 Å². The van der Waals surface area contributed by atoms with Gasteiger partial charge in [0.15, 0.2) is 0 Å². The average molecular weight is 346 g/mol. The van der Waals surface area contributed by atoms with E-state index in [1.54, 1.807) is 13.0 Å². The minimum Gasteiger partial charge on any atom is -0.339 e. The van der Waals surface area contributed by atoms with E-state index in [1.165, 1.54) is 18.6 Å². The number of carbonyl (C=O) groups excluding carboxylic acids is 2. The van der Waals surface area contributed by atoms with Crippen LogP contribution in [0.3, 0.4) is 0 Å². The molecule has 0 unspecified atom stereocenters. The van der Waals surface area contributed by atoms with Crippen molar-refractivity contribution in [1.82, 2.24) is 4.90 Å². The molecule has 2 aliphatic rings. The molecule has 2 fully saturated rings. The first-order valence-electron chi connectivity index (χ1n) is 9.23. The third-order valence-corrected chi connectivity index (χ3v) is 6.04. The summed E-state index contributed by atoms with van der Waals surface area (Å²) in [5, 5.41) is 2.86. The van der Waals surface area contributed by atoms with Crippen LogP contribution in [0.15, 0.2) is 18.2 Å². The molecule has 1 aliphatic carbocycles. The Morgan fingerprint density at radius 2 is 2.04 bits per heavy atom. The standard InChI is InChI=1S/C20H27FN2O2/c1-12-5-4-6-18(14(12)3)23-11-15(10-19(23)24)20(25)22-17-8-7-16(21)9-13(17)2/h7-9,12,14-15,18H,4-6,10-11H2,1-3H3,(H,22,25)/t12-,14-,15+,18+/m0/s1. The molecule has 0 spiro atoms. The van der Waals surface area contributed by atoms with E-state index in [0.717, 1.165) is 12.8 Å². The van der Waals surface area contributed by atoms with Crippen LogP contribution in [0.5, 0.6) is 0 Å². The quantitative estimate of drug-likeness (QED) is 0.906. The minimum atomic E-state index is -0.332. The number of benzene rings is 1. The maximum atomic E-state index is 13.2. The van der Waals surface area contributed by atoms with E-state index in [9.17, 15) is 14.0 Å². The van der Waals surface area contributed by atoms with Gasteiger partial charge in [-0.15, -0.1) is 0 Å². The van der Waals surface area contributed by atoms with E-state index in [1.807, 2.05) is 4.90 Å². The second kappa shape index (κ2) is 7.14. The van der Waals surface area contributed by atoms with Gasteiger partial charge < -0.3 is 10.2 Å². The van der Waals surface area contributed by atoms with Crippen LogP contribution in [0.4, 0.5) is 10.1 Å². The molecule has 25 heavy (non-hydrogen) atoms. The minimum absolute atomic E-state index is 0.0851. The highest BCUT2D eigenvalue weighted by Gasteiger charge is 2.41. The molecule has 1 heterocycles. The van der Waals surface area contributed by atoms with Gasteiger partial charge in [-0.2, -0.15) is 0 Å². The van der Waals surface area contributed by atoms with E-state index in [-0.39, 0.29) is 36.0 Å². The summed E-state index contributed by atoms with van der Waals surface area (Å²) >= 11 is 0. The fourth-order valence-electron chi connectivity index (χ4n) is 4.22. The smallest absolute Gasteiger partial charge is 0.229 e. The molecule has 4 nitrogen and oxygen atoms in total. The molecular weight excluding hydrogens is 319 g/mol. The molecule has 1 N–H and O–H groups in total. The number of hydrogen-bond acceptors (Lipinski definition) is 2. The van der Waals surface area contributed by atoms with Crippen LogP contribution in [-0.4, -0.2) is 29.3 Å². The van der Waals surface area contributed by atoms with Gasteiger partial charge in [0, 0.05) is 24.7 Å². The second-order valence-electron chi connectivity index (χ2n) is 7.73. The molecule has 2 amide bonds. The van der Waals surface area contributed by atoms with Gasteiger partial charge in [-0.3, -0.25) is 9.59 Å². The molecule has 1 saturated carbocycles. The fourth-order valence-corrected chi connectivity index (χ4v) is 4.22. The lowest BCUT2D eigenvalue weighted by Crippen LogP contribution is -2.45. The number of rotatable bonds is 3. The van der Waals surface area contributed by atoms with E-state index < -0.39 is 0 Å². The van der Waals surface area contributed by atoms with Crippen molar-refractivity contribution < 1.29 is 14.0 Å². The van der Waals surface area contributed by atoms with E-state index in [0.29, 0.717) is 29.6 Å². The number of aryl methyl sites for hydroxylation is 1. The van der Waals surface area contributed by atoms with E-state index in [2.05, 4.69) is 19.2 Å². The summed E-state index contributed by atoms with van der Waals surface area (Å²) in [6, 6.07) is 4.55. The van der Waals surface area contributed by atoms with Crippen LogP contribution in [0.1, 0.15) is 45.1 Å². The second-order valence-corrected chi connectivity index (χ2v) is 7.73. The van der Waals surface area contributed by atoms with Crippen molar-refractivity contribution in [2.24, 2.45) is 17.8 Å². The maximum Gasteiger partial charge on any atom is 0.229 e. The number of halogens is 1. The number of anilines is 1. The van der Waals surface area contributed by atoms with Crippen molar-refractivity contribution in [3.05, 3.63) is 29.6 Å². The largest absolute Gasteiger partial charge is 0.339 e. The van der Waals surface area contributed by atoms with Crippen molar-refractivity contribution in [3.8, 4) is 0 Å². The number of likely N-dealkylation sites (tertiary alicyclic amines) is 1. The lowest BCUT2D eigenvalue weighted by Gasteiger charge is -2.40. The lowest BCUT2D eigenvalue weighted by molar-refractivity contribution is -0.131. The van der Waals surface area contributed by atoms with Crippen LogP contribution >= 0.6 is 0 Å². The summed E-state index contributed by atoms with van der Waals surface area (Å²) in [5.74, 6) is 0.364.